The Labute approximate surface area is 118 Å². The molecular weight excluding hydrogens is 405 g/mol. The van der Waals surface area contributed by atoms with E-state index < -0.39 is 0 Å². The first-order chi connectivity index (χ1) is 7.66. The summed E-state index contributed by atoms with van der Waals surface area (Å²) < 4.78 is 1.76. The third-order valence-electron chi connectivity index (χ3n) is 1.75. The summed E-state index contributed by atoms with van der Waals surface area (Å²) in [5.74, 6) is -0.178. The van der Waals surface area contributed by atoms with Crippen molar-refractivity contribution in [3.8, 4) is 0 Å². The Bertz CT molecular complexity index is 517. The molecule has 0 saturated heterocycles. The van der Waals surface area contributed by atoms with Crippen LogP contribution in [0.3, 0.4) is 0 Å². The maximum absolute atomic E-state index is 11.9. The summed E-state index contributed by atoms with van der Waals surface area (Å²) in [6.07, 6.45) is 0. The van der Waals surface area contributed by atoms with Gasteiger partial charge in [0, 0.05) is 8.04 Å². The zero-order valence-electron chi connectivity index (χ0n) is 7.78. The van der Waals surface area contributed by atoms with E-state index in [1.807, 2.05) is 12.1 Å². The molecule has 1 aromatic heterocycles. The number of nitrogens with one attached hydrogen (secondary N) is 1. The van der Waals surface area contributed by atoms with Crippen molar-refractivity contribution >= 4 is 60.9 Å². The standard InChI is InChI=1S/C9H5BrIN3OS/c10-5-1-2-7(11)6(3-5)8(15)13-9-14-12-4-16-9/h1-4H,(H,13,14,15). The predicted octanol–water partition coefficient (Wildman–Crippen LogP) is 3.16. The van der Waals surface area contributed by atoms with Crippen molar-refractivity contribution in [3.05, 3.63) is 37.3 Å². The lowest BCUT2D eigenvalue weighted by Crippen LogP contribution is -2.13. The van der Waals surface area contributed by atoms with Crippen molar-refractivity contribution in [3.63, 3.8) is 0 Å². The van der Waals surface area contributed by atoms with E-state index in [0.29, 0.717) is 10.7 Å². The first-order valence-electron chi connectivity index (χ1n) is 4.19. The molecule has 0 radical (unpaired) electrons. The number of aromatic nitrogens is 2. The fraction of sp³-hybridized carbons (Fsp3) is 0. The van der Waals surface area contributed by atoms with Crippen LogP contribution in [-0.2, 0) is 0 Å². The third-order valence-corrected chi connectivity index (χ3v) is 3.79. The predicted molar refractivity (Wildman–Crippen MR) is 74.7 cm³/mol. The number of carbonyl (C=O) groups excluding carboxylic acids is 1. The van der Waals surface area contributed by atoms with Gasteiger partial charge in [0.25, 0.3) is 5.91 Å². The highest BCUT2D eigenvalue weighted by Crippen LogP contribution is 2.20. The second-order valence-electron chi connectivity index (χ2n) is 2.82. The van der Waals surface area contributed by atoms with Gasteiger partial charge in [-0.2, -0.15) is 0 Å². The zero-order valence-corrected chi connectivity index (χ0v) is 12.3. The number of rotatable bonds is 2. The van der Waals surface area contributed by atoms with E-state index in [0.717, 1.165) is 8.04 Å². The highest BCUT2D eigenvalue weighted by atomic mass is 127. The van der Waals surface area contributed by atoms with Crippen LogP contribution in [0.4, 0.5) is 5.13 Å². The Morgan fingerprint density at radius 2 is 2.31 bits per heavy atom. The molecule has 0 bridgehead atoms. The van der Waals surface area contributed by atoms with Crippen molar-refractivity contribution in [1.29, 1.82) is 0 Å². The van der Waals surface area contributed by atoms with Gasteiger partial charge in [0.1, 0.15) is 5.51 Å². The smallest absolute Gasteiger partial charge is 0.258 e. The Morgan fingerprint density at radius 3 is 3.00 bits per heavy atom. The summed E-state index contributed by atoms with van der Waals surface area (Å²) in [5, 5.41) is 10.6. The Morgan fingerprint density at radius 1 is 1.50 bits per heavy atom. The van der Waals surface area contributed by atoms with Gasteiger partial charge in [-0.1, -0.05) is 27.3 Å². The molecule has 0 aliphatic carbocycles. The largest absolute Gasteiger partial charge is 0.296 e. The lowest BCUT2D eigenvalue weighted by Gasteiger charge is -2.04. The molecule has 0 spiro atoms. The van der Waals surface area contributed by atoms with Crippen molar-refractivity contribution in [2.75, 3.05) is 5.32 Å². The van der Waals surface area contributed by atoms with Crippen LogP contribution in [0.25, 0.3) is 0 Å². The van der Waals surface area contributed by atoms with Crippen LogP contribution in [0.1, 0.15) is 10.4 Å². The first-order valence-corrected chi connectivity index (χ1v) is 6.94. The lowest BCUT2D eigenvalue weighted by atomic mass is 10.2. The average Bonchev–Trinajstić information content (AvgIpc) is 2.74. The molecule has 2 aromatic rings. The number of amides is 1. The molecule has 1 N–H and O–H groups in total. The maximum atomic E-state index is 11.9. The van der Waals surface area contributed by atoms with Gasteiger partial charge in [-0.3, -0.25) is 10.1 Å². The highest BCUT2D eigenvalue weighted by molar-refractivity contribution is 14.1. The summed E-state index contributed by atoms with van der Waals surface area (Å²) in [7, 11) is 0. The molecule has 2 rings (SSSR count). The Balaban J connectivity index is 2.24. The van der Waals surface area contributed by atoms with Gasteiger partial charge in [0.05, 0.1) is 5.56 Å². The molecule has 0 fully saturated rings. The number of halogens is 2. The molecule has 0 unspecified atom stereocenters. The summed E-state index contributed by atoms with van der Waals surface area (Å²) in [4.78, 5) is 11.9. The van der Waals surface area contributed by atoms with E-state index in [-0.39, 0.29) is 5.91 Å². The molecule has 82 valence electrons. The Hall–Kier alpha value is -0.540. The zero-order chi connectivity index (χ0) is 11.5. The molecular formula is C9H5BrIN3OS. The molecule has 7 heteroatoms. The van der Waals surface area contributed by atoms with Crippen LogP contribution < -0.4 is 5.32 Å². The van der Waals surface area contributed by atoms with Crippen LogP contribution >= 0.6 is 49.9 Å². The van der Waals surface area contributed by atoms with Crippen molar-refractivity contribution in [2.45, 2.75) is 0 Å². The molecule has 1 heterocycles. The van der Waals surface area contributed by atoms with E-state index >= 15 is 0 Å². The summed E-state index contributed by atoms with van der Waals surface area (Å²) in [6, 6.07) is 5.54. The SMILES string of the molecule is O=C(Nc1nncs1)c1cc(Br)ccc1I. The third kappa shape index (κ3) is 2.77. The maximum Gasteiger partial charge on any atom is 0.258 e. The average molecular weight is 410 g/mol. The van der Waals surface area contributed by atoms with Gasteiger partial charge in [-0.05, 0) is 40.8 Å². The molecule has 4 nitrogen and oxygen atoms in total. The number of benzene rings is 1. The van der Waals surface area contributed by atoms with Gasteiger partial charge < -0.3 is 0 Å². The summed E-state index contributed by atoms with van der Waals surface area (Å²) in [6.45, 7) is 0. The molecule has 0 saturated carbocycles. The van der Waals surface area contributed by atoms with Gasteiger partial charge in [0.15, 0.2) is 0 Å². The van der Waals surface area contributed by atoms with Crippen LogP contribution in [-0.4, -0.2) is 16.1 Å². The lowest BCUT2D eigenvalue weighted by molar-refractivity contribution is 0.102. The van der Waals surface area contributed by atoms with Gasteiger partial charge in [0.2, 0.25) is 5.13 Å². The van der Waals surface area contributed by atoms with E-state index in [9.17, 15) is 4.79 Å². The molecule has 0 aliphatic rings. The molecule has 16 heavy (non-hydrogen) atoms. The summed E-state index contributed by atoms with van der Waals surface area (Å²) in [5.41, 5.74) is 2.19. The molecule has 0 aliphatic heterocycles. The van der Waals surface area contributed by atoms with Gasteiger partial charge in [-0.15, -0.1) is 10.2 Å². The number of hydrogen-bond donors (Lipinski definition) is 1. The van der Waals surface area contributed by atoms with E-state index in [1.165, 1.54) is 11.3 Å². The first kappa shape index (κ1) is 11.9. The number of anilines is 1. The molecule has 0 atom stereocenters. The number of carbonyl (C=O) groups is 1. The highest BCUT2D eigenvalue weighted by Gasteiger charge is 2.11. The monoisotopic (exact) mass is 409 g/mol. The van der Waals surface area contributed by atoms with Crippen LogP contribution in [0.15, 0.2) is 28.2 Å². The van der Waals surface area contributed by atoms with Crippen molar-refractivity contribution in [2.24, 2.45) is 0 Å². The molecule has 1 amide bonds. The van der Waals surface area contributed by atoms with E-state index in [1.54, 1.807) is 11.6 Å². The number of nitrogens with zero attached hydrogens (tertiary/aromatic N) is 2. The summed E-state index contributed by atoms with van der Waals surface area (Å²) >= 11 is 6.74. The second kappa shape index (κ2) is 5.19. The van der Waals surface area contributed by atoms with Crippen molar-refractivity contribution < 1.29 is 4.79 Å². The topological polar surface area (TPSA) is 54.9 Å². The fourth-order valence-electron chi connectivity index (χ4n) is 1.06. The normalized spacial score (nSPS) is 10.1. The van der Waals surface area contributed by atoms with Crippen LogP contribution in [0, 0.1) is 3.57 Å². The van der Waals surface area contributed by atoms with Gasteiger partial charge in [-0.25, -0.2) is 0 Å². The van der Waals surface area contributed by atoms with Gasteiger partial charge >= 0.3 is 0 Å². The number of hydrogen-bond acceptors (Lipinski definition) is 4. The minimum atomic E-state index is -0.178. The minimum absolute atomic E-state index is 0.178. The fourth-order valence-corrected chi connectivity index (χ4v) is 2.45. The van der Waals surface area contributed by atoms with Crippen LogP contribution in [0.2, 0.25) is 0 Å². The van der Waals surface area contributed by atoms with E-state index in [4.69, 9.17) is 0 Å². The minimum Gasteiger partial charge on any atom is -0.296 e. The molecule has 1 aromatic carbocycles. The van der Waals surface area contributed by atoms with Crippen molar-refractivity contribution in [1.82, 2.24) is 10.2 Å². The second-order valence-corrected chi connectivity index (χ2v) is 5.73. The van der Waals surface area contributed by atoms with Crippen LogP contribution in [0.5, 0.6) is 0 Å². The van der Waals surface area contributed by atoms with E-state index in [2.05, 4.69) is 54.0 Å². The Kier molecular flexibility index (Phi) is 3.87. The quantitative estimate of drug-likeness (QED) is 0.775.